The molecule has 2 N–H and O–H groups in total. The Morgan fingerprint density at radius 2 is 2.50 bits per heavy atom. The zero-order valence-corrected chi connectivity index (χ0v) is 9.76. The number of carbonyl (C=O) groups is 1. The van der Waals surface area contributed by atoms with Crippen LogP contribution in [-0.4, -0.2) is 29.1 Å². The van der Waals surface area contributed by atoms with Crippen molar-refractivity contribution in [2.45, 2.75) is 6.54 Å². The first-order valence-corrected chi connectivity index (χ1v) is 6.10. The maximum absolute atomic E-state index is 10.7. The van der Waals surface area contributed by atoms with E-state index < -0.39 is 5.97 Å². The van der Waals surface area contributed by atoms with Crippen molar-refractivity contribution in [2.75, 3.05) is 18.1 Å². The number of carboxylic acids is 1. The van der Waals surface area contributed by atoms with E-state index in [1.54, 1.807) is 17.8 Å². The van der Waals surface area contributed by atoms with Crippen LogP contribution in [0.2, 0.25) is 0 Å². The lowest BCUT2D eigenvalue weighted by atomic mass is 10.2. The largest absolute Gasteiger partial charge is 0.475 e. The predicted molar refractivity (Wildman–Crippen MR) is 64.9 cm³/mol. The summed E-state index contributed by atoms with van der Waals surface area (Å²) in [4.78, 5) is 10.7. The Kier molecular flexibility index (Phi) is 5.74. The molecule has 0 atom stereocenters. The maximum Gasteiger partial charge on any atom is 0.372 e. The van der Waals surface area contributed by atoms with Gasteiger partial charge in [-0.1, -0.05) is 6.08 Å². The van der Waals surface area contributed by atoms with Crippen LogP contribution in [-0.2, 0) is 6.54 Å². The fraction of sp³-hybridized carbons (Fsp3) is 0.364. The molecule has 0 aliphatic carbocycles. The van der Waals surface area contributed by atoms with Crippen LogP contribution in [0, 0.1) is 0 Å². The highest BCUT2D eigenvalue weighted by atomic mass is 32.2. The van der Waals surface area contributed by atoms with Gasteiger partial charge in [0.1, 0.15) is 0 Å². The second kappa shape index (κ2) is 7.14. The summed E-state index contributed by atoms with van der Waals surface area (Å²) in [6, 6.07) is 1.67. The summed E-state index contributed by atoms with van der Waals surface area (Å²) in [6.45, 7) is 4.99. The van der Waals surface area contributed by atoms with Crippen LogP contribution < -0.4 is 5.32 Å². The number of aromatic carboxylic acids is 1. The first-order valence-electron chi connectivity index (χ1n) is 4.94. The number of carboxylic acid groups (broad SMARTS) is 1. The molecule has 0 fully saturated rings. The van der Waals surface area contributed by atoms with Gasteiger partial charge in [-0.05, 0) is 6.07 Å². The van der Waals surface area contributed by atoms with Crippen molar-refractivity contribution in [3.8, 4) is 0 Å². The molecule has 0 radical (unpaired) electrons. The molecule has 0 aromatic carbocycles. The number of nitrogens with one attached hydrogen (secondary N) is 1. The average Bonchev–Trinajstić information content (AvgIpc) is 2.71. The van der Waals surface area contributed by atoms with Gasteiger partial charge in [-0.2, -0.15) is 11.8 Å². The van der Waals surface area contributed by atoms with Crippen LogP contribution in [0.1, 0.15) is 16.1 Å². The Morgan fingerprint density at radius 3 is 3.19 bits per heavy atom. The highest BCUT2D eigenvalue weighted by Gasteiger charge is 2.12. The smallest absolute Gasteiger partial charge is 0.372 e. The summed E-state index contributed by atoms with van der Waals surface area (Å²) in [5.74, 6) is 0.911. The third-order valence-electron chi connectivity index (χ3n) is 1.92. The molecule has 0 bridgehead atoms. The molecule has 0 unspecified atom stereocenters. The summed E-state index contributed by atoms with van der Waals surface area (Å²) in [7, 11) is 0. The molecule has 16 heavy (non-hydrogen) atoms. The third kappa shape index (κ3) is 4.12. The highest BCUT2D eigenvalue weighted by molar-refractivity contribution is 7.99. The minimum atomic E-state index is -1.03. The number of hydrogen-bond donors (Lipinski definition) is 2. The van der Waals surface area contributed by atoms with Crippen LogP contribution in [0.5, 0.6) is 0 Å². The predicted octanol–water partition coefficient (Wildman–Crippen LogP) is 1.99. The summed E-state index contributed by atoms with van der Waals surface area (Å²) in [5, 5.41) is 12.0. The van der Waals surface area contributed by atoms with E-state index in [1.807, 2.05) is 6.08 Å². The molecule has 1 rings (SSSR count). The van der Waals surface area contributed by atoms with E-state index in [9.17, 15) is 4.79 Å². The molecule has 0 saturated heterocycles. The standard InChI is InChI=1S/C11H15NO3S/c1-2-6-16-7-4-12-8-9-3-5-15-10(9)11(13)14/h2-3,5,12H,1,4,6-8H2,(H,13,14). The van der Waals surface area contributed by atoms with E-state index in [1.165, 1.54) is 6.26 Å². The maximum atomic E-state index is 10.7. The van der Waals surface area contributed by atoms with E-state index in [-0.39, 0.29) is 5.76 Å². The Bertz CT molecular complexity index is 349. The monoisotopic (exact) mass is 241 g/mol. The van der Waals surface area contributed by atoms with Gasteiger partial charge in [0.15, 0.2) is 0 Å². The van der Waals surface area contributed by atoms with Gasteiger partial charge >= 0.3 is 5.97 Å². The zero-order chi connectivity index (χ0) is 11.8. The fourth-order valence-corrected chi connectivity index (χ4v) is 1.82. The molecular weight excluding hydrogens is 226 g/mol. The number of thioether (sulfide) groups is 1. The molecule has 88 valence electrons. The van der Waals surface area contributed by atoms with Crippen molar-refractivity contribution >= 4 is 17.7 Å². The van der Waals surface area contributed by atoms with Crippen LogP contribution in [0.15, 0.2) is 29.4 Å². The molecule has 4 nitrogen and oxygen atoms in total. The normalized spacial score (nSPS) is 10.2. The first kappa shape index (κ1) is 12.9. The highest BCUT2D eigenvalue weighted by Crippen LogP contribution is 2.09. The molecular formula is C11H15NO3S. The van der Waals surface area contributed by atoms with Crippen LogP contribution >= 0.6 is 11.8 Å². The number of hydrogen-bond acceptors (Lipinski definition) is 4. The van der Waals surface area contributed by atoms with Crippen LogP contribution in [0.4, 0.5) is 0 Å². The summed E-state index contributed by atoms with van der Waals surface area (Å²) >= 11 is 1.78. The van der Waals surface area contributed by atoms with Gasteiger partial charge in [0, 0.05) is 30.2 Å². The van der Waals surface area contributed by atoms with Crippen LogP contribution in [0.3, 0.4) is 0 Å². The van der Waals surface area contributed by atoms with E-state index in [0.717, 1.165) is 18.1 Å². The topological polar surface area (TPSA) is 62.5 Å². The molecule has 0 aliphatic rings. The second-order valence-corrected chi connectivity index (χ2v) is 4.27. The number of furan rings is 1. The van der Waals surface area contributed by atoms with Crippen molar-refractivity contribution in [2.24, 2.45) is 0 Å². The second-order valence-electron chi connectivity index (χ2n) is 3.12. The average molecular weight is 241 g/mol. The van der Waals surface area contributed by atoms with Gasteiger partial charge < -0.3 is 14.8 Å². The minimum absolute atomic E-state index is 0.0197. The van der Waals surface area contributed by atoms with Crippen molar-refractivity contribution in [1.29, 1.82) is 0 Å². The molecule has 0 spiro atoms. The molecule has 1 aromatic rings. The zero-order valence-electron chi connectivity index (χ0n) is 8.94. The van der Waals surface area contributed by atoms with Crippen molar-refractivity contribution in [3.05, 3.63) is 36.3 Å². The van der Waals surface area contributed by atoms with Crippen LogP contribution in [0.25, 0.3) is 0 Å². The molecule has 1 heterocycles. The lowest BCUT2D eigenvalue weighted by molar-refractivity contribution is 0.0660. The summed E-state index contributed by atoms with van der Waals surface area (Å²) < 4.78 is 4.86. The molecule has 0 aliphatic heterocycles. The van der Waals surface area contributed by atoms with E-state index in [0.29, 0.717) is 12.1 Å². The Hall–Kier alpha value is -1.20. The lowest BCUT2D eigenvalue weighted by Crippen LogP contribution is -2.17. The van der Waals surface area contributed by atoms with Gasteiger partial charge in [0.05, 0.1) is 6.26 Å². The quantitative estimate of drug-likeness (QED) is 0.538. The van der Waals surface area contributed by atoms with Gasteiger partial charge in [0.2, 0.25) is 5.76 Å². The van der Waals surface area contributed by atoms with Crippen molar-refractivity contribution < 1.29 is 14.3 Å². The number of rotatable bonds is 8. The van der Waals surface area contributed by atoms with E-state index in [4.69, 9.17) is 9.52 Å². The van der Waals surface area contributed by atoms with E-state index >= 15 is 0 Å². The fourth-order valence-electron chi connectivity index (χ4n) is 1.20. The molecule has 0 saturated carbocycles. The lowest BCUT2D eigenvalue weighted by Gasteiger charge is -2.02. The summed E-state index contributed by atoms with van der Waals surface area (Å²) in [5.41, 5.74) is 0.682. The van der Waals surface area contributed by atoms with Crippen molar-refractivity contribution in [1.82, 2.24) is 5.32 Å². The summed E-state index contributed by atoms with van der Waals surface area (Å²) in [6.07, 6.45) is 3.26. The van der Waals surface area contributed by atoms with E-state index in [2.05, 4.69) is 11.9 Å². The minimum Gasteiger partial charge on any atom is -0.475 e. The third-order valence-corrected chi connectivity index (χ3v) is 2.88. The van der Waals surface area contributed by atoms with Crippen molar-refractivity contribution in [3.63, 3.8) is 0 Å². The van der Waals surface area contributed by atoms with Gasteiger partial charge in [-0.25, -0.2) is 4.79 Å². The van der Waals surface area contributed by atoms with Gasteiger partial charge in [0.25, 0.3) is 0 Å². The Labute approximate surface area is 98.7 Å². The molecule has 1 aromatic heterocycles. The Morgan fingerprint density at radius 1 is 1.69 bits per heavy atom. The first-order chi connectivity index (χ1) is 7.75. The molecule has 0 amide bonds. The molecule has 5 heteroatoms. The van der Waals surface area contributed by atoms with Gasteiger partial charge in [-0.3, -0.25) is 0 Å². The SMILES string of the molecule is C=CCSCCNCc1ccoc1C(=O)O. The van der Waals surface area contributed by atoms with Gasteiger partial charge in [-0.15, -0.1) is 6.58 Å². The Balaban J connectivity index is 2.24.